The van der Waals surface area contributed by atoms with Crippen molar-refractivity contribution in [2.24, 2.45) is 0 Å². The molecule has 0 spiro atoms. The number of hydrogen-bond donors (Lipinski definition) is 1. The molecule has 1 saturated heterocycles. The fraction of sp³-hybridized carbons (Fsp3) is 0.467. The second-order valence-electron chi connectivity index (χ2n) is 5.17. The molecule has 1 aliphatic heterocycles. The number of likely N-dealkylation sites (N-methyl/N-ethyl adjacent to an activating group) is 1. The molecule has 1 fully saturated rings. The minimum Gasteiger partial charge on any atom is -0.373 e. The molecule has 1 aliphatic rings. The van der Waals surface area contributed by atoms with Gasteiger partial charge in [-0.1, -0.05) is 18.2 Å². The number of nitrogens with one attached hydrogen (secondary N) is 1. The zero-order valence-corrected chi connectivity index (χ0v) is 11.7. The first kappa shape index (κ1) is 12.2. The van der Waals surface area contributed by atoms with Crippen molar-refractivity contribution in [1.82, 2.24) is 5.32 Å². The van der Waals surface area contributed by atoms with Crippen LogP contribution in [0, 0.1) is 0 Å². The van der Waals surface area contributed by atoms with E-state index < -0.39 is 0 Å². The van der Waals surface area contributed by atoms with Gasteiger partial charge < -0.3 is 10.1 Å². The second kappa shape index (κ2) is 4.65. The Morgan fingerprint density at radius 1 is 1.39 bits per heavy atom. The molecule has 2 heterocycles. The van der Waals surface area contributed by atoms with Crippen molar-refractivity contribution in [3.63, 3.8) is 0 Å². The highest BCUT2D eigenvalue weighted by Crippen LogP contribution is 2.41. The molecule has 96 valence electrons. The average Bonchev–Trinajstić information content (AvgIpc) is 2.99. The maximum atomic E-state index is 6.01. The SMILES string of the molecule is CNC(c1csc2ccccc12)C1(C)CCCO1. The van der Waals surface area contributed by atoms with Gasteiger partial charge in [0, 0.05) is 11.3 Å². The van der Waals surface area contributed by atoms with Crippen LogP contribution in [-0.4, -0.2) is 19.3 Å². The predicted octanol–water partition coefficient (Wildman–Crippen LogP) is 3.73. The minimum absolute atomic E-state index is 0.0708. The van der Waals surface area contributed by atoms with Crippen molar-refractivity contribution in [3.8, 4) is 0 Å². The normalized spacial score (nSPS) is 25.7. The quantitative estimate of drug-likeness (QED) is 0.909. The van der Waals surface area contributed by atoms with Crippen LogP contribution < -0.4 is 5.32 Å². The molecule has 3 rings (SSSR count). The van der Waals surface area contributed by atoms with E-state index in [4.69, 9.17) is 4.74 Å². The fourth-order valence-electron chi connectivity index (χ4n) is 3.04. The van der Waals surface area contributed by atoms with E-state index in [-0.39, 0.29) is 11.6 Å². The van der Waals surface area contributed by atoms with Crippen LogP contribution in [0.4, 0.5) is 0 Å². The third-order valence-corrected chi connectivity index (χ3v) is 4.95. The zero-order chi connectivity index (χ0) is 12.6. The van der Waals surface area contributed by atoms with Gasteiger partial charge in [0.2, 0.25) is 0 Å². The number of hydrogen-bond acceptors (Lipinski definition) is 3. The Balaban J connectivity index is 2.06. The van der Waals surface area contributed by atoms with Crippen LogP contribution in [0.2, 0.25) is 0 Å². The molecule has 18 heavy (non-hydrogen) atoms. The van der Waals surface area contributed by atoms with Gasteiger partial charge in [-0.25, -0.2) is 0 Å². The van der Waals surface area contributed by atoms with Crippen molar-refractivity contribution in [3.05, 3.63) is 35.2 Å². The van der Waals surface area contributed by atoms with Gasteiger partial charge in [-0.3, -0.25) is 0 Å². The van der Waals surface area contributed by atoms with Crippen LogP contribution in [-0.2, 0) is 4.74 Å². The van der Waals surface area contributed by atoms with E-state index >= 15 is 0 Å². The smallest absolute Gasteiger partial charge is 0.0849 e. The van der Waals surface area contributed by atoms with Gasteiger partial charge >= 0.3 is 0 Å². The number of benzene rings is 1. The highest BCUT2D eigenvalue weighted by Gasteiger charge is 2.39. The summed E-state index contributed by atoms with van der Waals surface area (Å²) in [5.41, 5.74) is 1.31. The Kier molecular flexibility index (Phi) is 3.14. The molecule has 1 N–H and O–H groups in total. The molecule has 0 radical (unpaired) electrons. The lowest BCUT2D eigenvalue weighted by Gasteiger charge is -2.33. The monoisotopic (exact) mass is 261 g/mol. The number of fused-ring (bicyclic) bond motifs is 1. The molecular weight excluding hydrogens is 242 g/mol. The Morgan fingerprint density at radius 3 is 2.94 bits per heavy atom. The molecule has 0 bridgehead atoms. The summed E-state index contributed by atoms with van der Waals surface area (Å²) in [7, 11) is 2.03. The van der Waals surface area contributed by atoms with E-state index in [1.807, 2.05) is 18.4 Å². The van der Waals surface area contributed by atoms with Gasteiger partial charge in [-0.05, 0) is 49.2 Å². The Bertz CT molecular complexity index is 542. The zero-order valence-electron chi connectivity index (χ0n) is 10.9. The summed E-state index contributed by atoms with van der Waals surface area (Å²) in [4.78, 5) is 0. The maximum absolute atomic E-state index is 6.01. The summed E-state index contributed by atoms with van der Waals surface area (Å²) in [6.07, 6.45) is 2.29. The van der Waals surface area contributed by atoms with Gasteiger partial charge in [0.25, 0.3) is 0 Å². The van der Waals surface area contributed by atoms with Crippen LogP contribution >= 0.6 is 11.3 Å². The van der Waals surface area contributed by atoms with E-state index in [1.165, 1.54) is 15.6 Å². The molecule has 0 saturated carbocycles. The molecular formula is C15H19NOS. The van der Waals surface area contributed by atoms with E-state index in [0.29, 0.717) is 0 Å². The van der Waals surface area contributed by atoms with Crippen molar-refractivity contribution in [2.75, 3.05) is 13.7 Å². The summed E-state index contributed by atoms with van der Waals surface area (Å²) in [5.74, 6) is 0. The third kappa shape index (κ3) is 1.87. The maximum Gasteiger partial charge on any atom is 0.0849 e. The molecule has 1 aromatic carbocycles. The predicted molar refractivity (Wildman–Crippen MR) is 77.2 cm³/mol. The molecule has 2 atom stereocenters. The fourth-order valence-corrected chi connectivity index (χ4v) is 4.03. The van der Waals surface area contributed by atoms with Gasteiger partial charge in [0.05, 0.1) is 11.6 Å². The van der Waals surface area contributed by atoms with Crippen LogP contribution in [0.1, 0.15) is 31.4 Å². The van der Waals surface area contributed by atoms with Crippen molar-refractivity contribution in [1.29, 1.82) is 0 Å². The van der Waals surface area contributed by atoms with Crippen molar-refractivity contribution in [2.45, 2.75) is 31.4 Å². The first-order valence-corrected chi connectivity index (χ1v) is 7.40. The Morgan fingerprint density at radius 2 is 2.22 bits per heavy atom. The summed E-state index contributed by atoms with van der Waals surface area (Å²) in [6, 6.07) is 8.89. The lowest BCUT2D eigenvalue weighted by atomic mass is 9.87. The molecule has 0 amide bonds. The Labute approximate surface area is 112 Å². The minimum atomic E-state index is -0.0708. The number of thiophene rings is 1. The second-order valence-corrected chi connectivity index (χ2v) is 6.08. The first-order chi connectivity index (χ1) is 8.74. The number of ether oxygens (including phenoxy) is 1. The van der Waals surface area contributed by atoms with E-state index in [9.17, 15) is 0 Å². The molecule has 0 aliphatic carbocycles. The van der Waals surface area contributed by atoms with Gasteiger partial charge in [-0.15, -0.1) is 11.3 Å². The lowest BCUT2D eigenvalue weighted by Crippen LogP contribution is -2.39. The lowest BCUT2D eigenvalue weighted by molar-refractivity contribution is -0.00996. The Hall–Kier alpha value is -0.900. The van der Waals surface area contributed by atoms with Crippen molar-refractivity contribution >= 4 is 21.4 Å². The summed E-state index contributed by atoms with van der Waals surface area (Å²) in [5, 5.41) is 7.10. The van der Waals surface area contributed by atoms with Gasteiger partial charge in [0.1, 0.15) is 0 Å². The van der Waals surface area contributed by atoms with Crippen LogP contribution in [0.5, 0.6) is 0 Å². The highest BCUT2D eigenvalue weighted by atomic mass is 32.1. The molecule has 1 aromatic heterocycles. The number of rotatable bonds is 3. The molecule has 2 aromatic rings. The topological polar surface area (TPSA) is 21.3 Å². The van der Waals surface area contributed by atoms with Gasteiger partial charge in [-0.2, -0.15) is 0 Å². The highest BCUT2D eigenvalue weighted by molar-refractivity contribution is 7.17. The van der Waals surface area contributed by atoms with E-state index in [0.717, 1.165) is 19.4 Å². The van der Waals surface area contributed by atoms with Crippen LogP contribution in [0.3, 0.4) is 0 Å². The molecule has 3 heteroatoms. The standard InChI is InChI=1S/C15H19NOS/c1-15(8-5-9-17-15)14(16-2)12-10-18-13-7-4-3-6-11(12)13/h3-4,6-7,10,14,16H,5,8-9H2,1-2H3. The summed E-state index contributed by atoms with van der Waals surface area (Å²) >= 11 is 1.82. The van der Waals surface area contributed by atoms with Crippen molar-refractivity contribution < 1.29 is 4.74 Å². The third-order valence-electron chi connectivity index (χ3n) is 3.97. The van der Waals surface area contributed by atoms with Gasteiger partial charge in [0.15, 0.2) is 0 Å². The van der Waals surface area contributed by atoms with E-state index in [1.54, 1.807) is 0 Å². The largest absolute Gasteiger partial charge is 0.373 e. The van der Waals surface area contributed by atoms with E-state index in [2.05, 4.69) is 41.9 Å². The summed E-state index contributed by atoms with van der Waals surface area (Å²) in [6.45, 7) is 3.12. The van der Waals surface area contributed by atoms with Crippen LogP contribution in [0.25, 0.3) is 10.1 Å². The molecule has 2 nitrogen and oxygen atoms in total. The van der Waals surface area contributed by atoms with Crippen LogP contribution in [0.15, 0.2) is 29.6 Å². The first-order valence-electron chi connectivity index (χ1n) is 6.52. The average molecular weight is 261 g/mol. The molecule has 2 unspecified atom stereocenters. The summed E-state index contributed by atoms with van der Waals surface area (Å²) < 4.78 is 7.36.